The minimum atomic E-state index is -0.684. The molecule has 0 aliphatic carbocycles. The van der Waals surface area contributed by atoms with E-state index in [1.165, 1.54) is 24.3 Å². The Morgan fingerprint density at radius 1 is 1.12 bits per heavy atom. The number of halogens is 1. The zero-order valence-electron chi connectivity index (χ0n) is 18.2. The zero-order chi connectivity index (χ0) is 24.1. The lowest BCUT2D eigenvalue weighted by molar-refractivity contribution is -0.385. The number of rotatable bonds is 5. The van der Waals surface area contributed by atoms with Crippen LogP contribution in [0.2, 0.25) is 5.02 Å². The Bertz CT molecular complexity index is 1090. The summed E-state index contributed by atoms with van der Waals surface area (Å²) in [5.41, 5.74) is 1.01. The molecule has 0 saturated carbocycles. The molecule has 3 rings (SSSR count). The van der Waals surface area contributed by atoms with Gasteiger partial charge in [-0.1, -0.05) is 37.6 Å². The average molecular weight is 490 g/mol. The van der Waals surface area contributed by atoms with Crippen LogP contribution in [-0.2, 0) is 4.79 Å². The number of nitrogens with zero attached hydrogens (tertiary/aromatic N) is 3. The largest absolute Gasteiger partial charge is 0.367 e. The van der Waals surface area contributed by atoms with E-state index in [9.17, 15) is 19.7 Å². The molecule has 0 radical (unpaired) electrons. The van der Waals surface area contributed by atoms with Gasteiger partial charge < -0.3 is 15.1 Å². The smallest absolute Gasteiger partial charge is 0.282 e. The van der Waals surface area contributed by atoms with Crippen molar-refractivity contribution in [2.75, 3.05) is 36.4 Å². The van der Waals surface area contributed by atoms with Gasteiger partial charge in [-0.15, -0.1) is 0 Å². The molecule has 0 bridgehead atoms. The van der Waals surface area contributed by atoms with E-state index in [2.05, 4.69) is 15.5 Å². The fourth-order valence-electron chi connectivity index (χ4n) is 3.53. The van der Waals surface area contributed by atoms with E-state index >= 15 is 0 Å². The van der Waals surface area contributed by atoms with E-state index in [-0.39, 0.29) is 28.2 Å². The van der Waals surface area contributed by atoms with Crippen molar-refractivity contribution in [3.05, 3.63) is 63.2 Å². The molecule has 11 heteroatoms. The first-order chi connectivity index (χ1) is 15.7. The van der Waals surface area contributed by atoms with Crippen molar-refractivity contribution in [2.45, 2.75) is 13.8 Å². The second-order valence-electron chi connectivity index (χ2n) is 7.82. The summed E-state index contributed by atoms with van der Waals surface area (Å²) >= 11 is 11.7. The molecule has 1 aliphatic heterocycles. The van der Waals surface area contributed by atoms with Crippen LogP contribution in [0, 0.1) is 16.0 Å². The maximum Gasteiger partial charge on any atom is 0.282 e. The van der Waals surface area contributed by atoms with Gasteiger partial charge in [-0.05, 0) is 36.5 Å². The zero-order valence-corrected chi connectivity index (χ0v) is 19.8. The molecule has 2 aromatic carbocycles. The molecule has 2 N–H and O–H groups in total. The third-order valence-corrected chi connectivity index (χ3v) is 5.71. The number of carbonyl (C=O) groups is 2. The second kappa shape index (κ2) is 10.6. The van der Waals surface area contributed by atoms with Crippen LogP contribution in [0.1, 0.15) is 24.2 Å². The molecule has 1 saturated heterocycles. The number of benzene rings is 2. The topological polar surface area (TPSA) is 108 Å². The minimum absolute atomic E-state index is 0.0113. The molecular weight excluding hydrogens is 466 g/mol. The van der Waals surface area contributed by atoms with Gasteiger partial charge in [0.25, 0.3) is 11.6 Å². The summed E-state index contributed by atoms with van der Waals surface area (Å²) in [5.74, 6) is -0.559. The molecule has 1 heterocycles. The summed E-state index contributed by atoms with van der Waals surface area (Å²) < 4.78 is 0. The van der Waals surface area contributed by atoms with Crippen LogP contribution in [0.4, 0.5) is 17.1 Å². The highest BCUT2D eigenvalue weighted by Gasteiger charge is 2.24. The van der Waals surface area contributed by atoms with Gasteiger partial charge in [0.05, 0.1) is 15.6 Å². The minimum Gasteiger partial charge on any atom is -0.367 e. The van der Waals surface area contributed by atoms with Crippen LogP contribution >= 0.6 is 23.8 Å². The molecule has 9 nitrogen and oxygen atoms in total. The number of nitro benzene ring substituents is 1. The van der Waals surface area contributed by atoms with Crippen LogP contribution in [0.15, 0.2) is 42.5 Å². The number of nitro groups is 1. The first kappa shape index (κ1) is 24.4. The molecule has 0 aromatic heterocycles. The van der Waals surface area contributed by atoms with Crippen LogP contribution in [-0.4, -0.2) is 52.9 Å². The second-order valence-corrected chi connectivity index (χ2v) is 8.63. The predicted octanol–water partition coefficient (Wildman–Crippen LogP) is 3.68. The van der Waals surface area contributed by atoms with Gasteiger partial charge in [-0.3, -0.25) is 25.0 Å². The van der Waals surface area contributed by atoms with Gasteiger partial charge in [0.15, 0.2) is 5.11 Å². The van der Waals surface area contributed by atoms with E-state index in [0.717, 1.165) is 5.69 Å². The van der Waals surface area contributed by atoms with Gasteiger partial charge in [-0.2, -0.15) is 0 Å². The Labute approximate surface area is 201 Å². The van der Waals surface area contributed by atoms with Gasteiger partial charge in [-0.25, -0.2) is 0 Å². The highest BCUT2D eigenvalue weighted by atomic mass is 35.5. The SMILES string of the molecule is CC(C)C(=O)N1CCN(c2ccc(NC(=S)NC(=O)c3ccccc3[N+](=O)[O-])cc2Cl)CC1. The van der Waals surface area contributed by atoms with Crippen molar-refractivity contribution in [1.82, 2.24) is 10.2 Å². The van der Waals surface area contributed by atoms with E-state index in [1.54, 1.807) is 12.1 Å². The maximum absolute atomic E-state index is 12.4. The fraction of sp³-hybridized carbons (Fsp3) is 0.318. The standard InChI is InChI=1S/C22H24ClN5O4S/c1-14(2)21(30)27-11-9-26(10-12-27)19-8-7-15(13-17(19)23)24-22(33)25-20(29)16-5-3-4-6-18(16)28(31)32/h3-8,13-14H,9-12H2,1-2H3,(H2,24,25,29,33). The molecule has 2 aromatic rings. The third kappa shape index (κ3) is 5.96. The Balaban J connectivity index is 1.60. The van der Waals surface area contributed by atoms with Crippen molar-refractivity contribution in [3.63, 3.8) is 0 Å². The molecule has 1 fully saturated rings. The summed E-state index contributed by atoms with van der Waals surface area (Å²) in [6.45, 7) is 6.41. The number of hydrogen-bond donors (Lipinski definition) is 2. The fourth-order valence-corrected chi connectivity index (χ4v) is 4.04. The van der Waals surface area contributed by atoms with Gasteiger partial charge in [0.2, 0.25) is 5.91 Å². The molecule has 0 unspecified atom stereocenters. The van der Waals surface area contributed by atoms with Crippen LogP contribution in [0.3, 0.4) is 0 Å². The summed E-state index contributed by atoms with van der Waals surface area (Å²) in [4.78, 5) is 39.1. The molecule has 0 atom stereocenters. The number of thiocarbonyl (C=S) groups is 1. The number of hydrogen-bond acceptors (Lipinski definition) is 6. The first-order valence-corrected chi connectivity index (χ1v) is 11.1. The van der Waals surface area contributed by atoms with Crippen molar-refractivity contribution < 1.29 is 14.5 Å². The lowest BCUT2D eigenvalue weighted by atomic mass is 10.1. The molecule has 0 spiro atoms. The van der Waals surface area contributed by atoms with Crippen molar-refractivity contribution in [1.29, 1.82) is 0 Å². The number of nitrogens with one attached hydrogen (secondary N) is 2. The Hall–Kier alpha value is -3.24. The van der Waals surface area contributed by atoms with E-state index in [0.29, 0.717) is 36.9 Å². The number of carbonyl (C=O) groups excluding carboxylic acids is 2. The first-order valence-electron chi connectivity index (χ1n) is 10.4. The summed E-state index contributed by atoms with van der Waals surface area (Å²) in [5, 5.41) is 16.9. The molecule has 1 aliphatic rings. The lowest BCUT2D eigenvalue weighted by Gasteiger charge is -2.37. The summed E-state index contributed by atoms with van der Waals surface area (Å²) in [6.07, 6.45) is 0. The van der Waals surface area contributed by atoms with Gasteiger partial charge >= 0.3 is 0 Å². The summed E-state index contributed by atoms with van der Waals surface area (Å²) in [7, 11) is 0. The van der Waals surface area contributed by atoms with Crippen molar-refractivity contribution in [2.24, 2.45) is 5.92 Å². The monoisotopic (exact) mass is 489 g/mol. The lowest BCUT2D eigenvalue weighted by Crippen LogP contribution is -2.50. The van der Waals surface area contributed by atoms with E-state index in [4.69, 9.17) is 23.8 Å². The van der Waals surface area contributed by atoms with Crippen molar-refractivity contribution >= 4 is 57.8 Å². The third-order valence-electron chi connectivity index (χ3n) is 5.20. The molecule has 2 amide bonds. The normalized spacial score (nSPS) is 13.6. The van der Waals surface area contributed by atoms with Gasteiger partial charge in [0, 0.05) is 43.9 Å². The highest BCUT2D eigenvalue weighted by molar-refractivity contribution is 7.80. The number of para-hydroxylation sites is 1. The van der Waals surface area contributed by atoms with Crippen LogP contribution in [0.25, 0.3) is 0 Å². The Morgan fingerprint density at radius 2 is 1.79 bits per heavy atom. The Kier molecular flexibility index (Phi) is 7.83. The Morgan fingerprint density at radius 3 is 2.39 bits per heavy atom. The van der Waals surface area contributed by atoms with Crippen LogP contribution < -0.4 is 15.5 Å². The quantitative estimate of drug-likeness (QED) is 0.374. The molecular formula is C22H24ClN5O4S. The van der Waals surface area contributed by atoms with Gasteiger partial charge in [0.1, 0.15) is 5.56 Å². The highest BCUT2D eigenvalue weighted by Crippen LogP contribution is 2.30. The summed E-state index contributed by atoms with van der Waals surface area (Å²) in [6, 6.07) is 10.9. The van der Waals surface area contributed by atoms with Crippen LogP contribution in [0.5, 0.6) is 0 Å². The molecule has 174 valence electrons. The van der Waals surface area contributed by atoms with Crippen molar-refractivity contribution in [3.8, 4) is 0 Å². The number of anilines is 2. The predicted molar refractivity (Wildman–Crippen MR) is 132 cm³/mol. The number of piperazine rings is 1. The molecule has 33 heavy (non-hydrogen) atoms. The average Bonchev–Trinajstić information content (AvgIpc) is 2.78. The number of amides is 2. The van der Waals surface area contributed by atoms with E-state index < -0.39 is 10.8 Å². The maximum atomic E-state index is 12.4. The van der Waals surface area contributed by atoms with E-state index in [1.807, 2.05) is 24.8 Å².